The van der Waals surface area contributed by atoms with Crippen LogP contribution >= 0.6 is 11.6 Å². The predicted molar refractivity (Wildman–Crippen MR) is 85.4 cm³/mol. The summed E-state index contributed by atoms with van der Waals surface area (Å²) in [5, 5.41) is 0.518. The highest BCUT2D eigenvalue weighted by Crippen LogP contribution is 2.12. The Kier molecular flexibility index (Phi) is 5.56. The maximum absolute atomic E-state index is 12.8. The van der Waals surface area contributed by atoms with Gasteiger partial charge in [0.15, 0.2) is 0 Å². The second kappa shape index (κ2) is 7.41. The van der Waals surface area contributed by atoms with Crippen LogP contribution in [-0.2, 0) is 15.8 Å². The minimum absolute atomic E-state index is 0.0191. The second-order valence-electron chi connectivity index (χ2n) is 4.49. The van der Waals surface area contributed by atoms with E-state index in [1.807, 2.05) is 0 Å². The first-order valence-electron chi connectivity index (χ1n) is 6.41. The normalized spacial score (nSPS) is 10.8. The maximum atomic E-state index is 12.8. The Morgan fingerprint density at radius 3 is 2.45 bits per heavy atom. The molecule has 2 rings (SSSR count). The molecule has 0 heterocycles. The van der Waals surface area contributed by atoms with Crippen molar-refractivity contribution in [2.24, 2.45) is 0 Å². The molecule has 22 heavy (non-hydrogen) atoms. The van der Waals surface area contributed by atoms with Gasteiger partial charge in [0.2, 0.25) is 10.0 Å². The number of halogens is 2. The molecule has 1 N–H and O–H groups in total. The van der Waals surface area contributed by atoms with E-state index in [9.17, 15) is 12.8 Å². The molecule has 2 aromatic rings. The standard InChI is InChI=1S/C16H13ClFNO2S/c17-16-6-2-1-4-14(16)5-3-11-19-22(20,21)12-13-7-9-15(18)10-8-13/h1-2,4,6-10,19H,11-12H2. The molecular formula is C16H13ClFNO2S. The molecule has 0 saturated carbocycles. The van der Waals surface area contributed by atoms with E-state index in [0.717, 1.165) is 0 Å². The fourth-order valence-electron chi connectivity index (χ4n) is 1.70. The molecular weight excluding hydrogens is 325 g/mol. The largest absolute Gasteiger partial charge is 0.216 e. The fraction of sp³-hybridized carbons (Fsp3) is 0.125. The number of sulfonamides is 1. The smallest absolute Gasteiger partial charge is 0.212 e. The van der Waals surface area contributed by atoms with Crippen LogP contribution in [0.5, 0.6) is 0 Å². The van der Waals surface area contributed by atoms with E-state index in [1.165, 1.54) is 24.3 Å². The summed E-state index contributed by atoms with van der Waals surface area (Å²) in [6.07, 6.45) is 0. The van der Waals surface area contributed by atoms with Crippen molar-refractivity contribution in [3.8, 4) is 11.8 Å². The molecule has 3 nitrogen and oxygen atoms in total. The maximum Gasteiger partial charge on any atom is 0.216 e. The third-order valence-electron chi connectivity index (χ3n) is 2.75. The summed E-state index contributed by atoms with van der Waals surface area (Å²) in [6.45, 7) is -0.0191. The summed E-state index contributed by atoms with van der Waals surface area (Å²) in [7, 11) is -3.52. The minimum atomic E-state index is -3.52. The Hall–Kier alpha value is -1.87. The number of rotatable bonds is 4. The van der Waals surface area contributed by atoms with Gasteiger partial charge in [-0.3, -0.25) is 0 Å². The molecule has 2 aromatic carbocycles. The van der Waals surface area contributed by atoms with Crippen molar-refractivity contribution in [2.45, 2.75) is 5.75 Å². The summed E-state index contributed by atoms with van der Waals surface area (Å²) in [5.74, 6) is 4.88. The van der Waals surface area contributed by atoms with Gasteiger partial charge < -0.3 is 0 Å². The quantitative estimate of drug-likeness (QED) is 0.872. The first-order valence-corrected chi connectivity index (χ1v) is 8.44. The van der Waals surface area contributed by atoms with E-state index >= 15 is 0 Å². The summed E-state index contributed by atoms with van der Waals surface area (Å²) in [4.78, 5) is 0. The van der Waals surface area contributed by atoms with Crippen LogP contribution in [0, 0.1) is 17.7 Å². The molecule has 114 valence electrons. The van der Waals surface area contributed by atoms with Gasteiger partial charge in [-0.05, 0) is 29.8 Å². The molecule has 0 spiro atoms. The minimum Gasteiger partial charge on any atom is -0.212 e. The van der Waals surface area contributed by atoms with Gasteiger partial charge in [-0.2, -0.15) is 0 Å². The zero-order valence-electron chi connectivity index (χ0n) is 11.5. The number of nitrogens with one attached hydrogen (secondary N) is 1. The summed E-state index contributed by atoms with van der Waals surface area (Å²) in [5.41, 5.74) is 1.15. The van der Waals surface area contributed by atoms with Crippen LogP contribution in [0.15, 0.2) is 48.5 Å². The van der Waals surface area contributed by atoms with Gasteiger partial charge in [0, 0.05) is 5.56 Å². The summed E-state index contributed by atoms with van der Waals surface area (Å²) < 4.78 is 38.9. The molecule has 0 aliphatic heterocycles. The van der Waals surface area contributed by atoms with Crippen molar-refractivity contribution in [3.05, 3.63) is 70.5 Å². The third kappa shape index (κ3) is 5.15. The van der Waals surface area contributed by atoms with E-state index in [2.05, 4.69) is 16.6 Å². The highest BCUT2D eigenvalue weighted by Gasteiger charge is 2.10. The third-order valence-corrected chi connectivity index (χ3v) is 4.37. The molecule has 0 amide bonds. The highest BCUT2D eigenvalue weighted by atomic mass is 35.5. The molecule has 0 radical (unpaired) electrons. The van der Waals surface area contributed by atoms with Crippen molar-refractivity contribution in [3.63, 3.8) is 0 Å². The average Bonchev–Trinajstić information content (AvgIpc) is 2.47. The molecule has 0 aliphatic rings. The predicted octanol–water partition coefficient (Wildman–Crippen LogP) is 2.95. The number of hydrogen-bond donors (Lipinski definition) is 1. The Morgan fingerprint density at radius 2 is 1.77 bits per heavy atom. The summed E-state index contributed by atoms with van der Waals surface area (Å²) >= 11 is 5.94. The Balaban J connectivity index is 1.93. The first kappa shape index (κ1) is 16.5. The van der Waals surface area contributed by atoms with Crippen LogP contribution in [0.2, 0.25) is 5.02 Å². The van der Waals surface area contributed by atoms with E-state index in [4.69, 9.17) is 11.6 Å². The molecule has 6 heteroatoms. The molecule has 0 fully saturated rings. The van der Waals surface area contributed by atoms with Crippen LogP contribution in [0.25, 0.3) is 0 Å². The summed E-state index contributed by atoms with van der Waals surface area (Å²) in [6, 6.07) is 12.4. The fourth-order valence-corrected chi connectivity index (χ4v) is 2.91. The Morgan fingerprint density at radius 1 is 1.09 bits per heavy atom. The first-order chi connectivity index (χ1) is 10.5. The van der Waals surface area contributed by atoms with Crippen LogP contribution in [0.3, 0.4) is 0 Å². The lowest BCUT2D eigenvalue weighted by molar-refractivity contribution is 0.585. The van der Waals surface area contributed by atoms with Crippen molar-refractivity contribution < 1.29 is 12.8 Å². The number of benzene rings is 2. The average molecular weight is 338 g/mol. The Bertz CT molecular complexity index is 808. The zero-order chi connectivity index (χ0) is 16.0. The molecule has 0 bridgehead atoms. The van der Waals surface area contributed by atoms with Crippen LogP contribution in [-0.4, -0.2) is 15.0 Å². The van der Waals surface area contributed by atoms with Crippen molar-refractivity contribution in [1.29, 1.82) is 0 Å². The van der Waals surface area contributed by atoms with Gasteiger partial charge in [-0.1, -0.05) is 47.7 Å². The van der Waals surface area contributed by atoms with E-state index in [1.54, 1.807) is 24.3 Å². The van der Waals surface area contributed by atoms with Crippen molar-refractivity contribution in [2.75, 3.05) is 6.54 Å². The zero-order valence-corrected chi connectivity index (χ0v) is 13.1. The van der Waals surface area contributed by atoms with Crippen LogP contribution < -0.4 is 4.72 Å². The topological polar surface area (TPSA) is 46.2 Å². The SMILES string of the molecule is O=S(=O)(Cc1ccc(F)cc1)NCC#Cc1ccccc1Cl. The van der Waals surface area contributed by atoms with E-state index < -0.39 is 15.8 Å². The monoisotopic (exact) mass is 337 g/mol. The van der Waals surface area contributed by atoms with E-state index in [-0.39, 0.29) is 12.3 Å². The van der Waals surface area contributed by atoms with Gasteiger partial charge in [-0.25, -0.2) is 17.5 Å². The van der Waals surface area contributed by atoms with E-state index in [0.29, 0.717) is 16.1 Å². The van der Waals surface area contributed by atoms with Gasteiger partial charge in [0.05, 0.1) is 17.3 Å². The molecule has 0 aliphatic carbocycles. The molecule has 0 saturated heterocycles. The van der Waals surface area contributed by atoms with Gasteiger partial charge in [0.1, 0.15) is 5.82 Å². The van der Waals surface area contributed by atoms with Crippen LogP contribution in [0.1, 0.15) is 11.1 Å². The lowest BCUT2D eigenvalue weighted by Gasteiger charge is -2.03. The lowest BCUT2D eigenvalue weighted by atomic mass is 10.2. The second-order valence-corrected chi connectivity index (χ2v) is 6.70. The number of hydrogen-bond acceptors (Lipinski definition) is 2. The van der Waals surface area contributed by atoms with Crippen LogP contribution in [0.4, 0.5) is 4.39 Å². The highest BCUT2D eigenvalue weighted by molar-refractivity contribution is 7.88. The van der Waals surface area contributed by atoms with Gasteiger partial charge >= 0.3 is 0 Å². The Labute approximate surface area is 134 Å². The van der Waals surface area contributed by atoms with Crippen molar-refractivity contribution in [1.82, 2.24) is 4.72 Å². The van der Waals surface area contributed by atoms with Gasteiger partial charge in [0.25, 0.3) is 0 Å². The van der Waals surface area contributed by atoms with Gasteiger partial charge in [-0.15, -0.1) is 0 Å². The molecule has 0 aromatic heterocycles. The molecule has 0 atom stereocenters. The molecule has 0 unspecified atom stereocenters. The lowest BCUT2D eigenvalue weighted by Crippen LogP contribution is -2.25. The van der Waals surface area contributed by atoms with Crippen molar-refractivity contribution >= 4 is 21.6 Å².